The molecule has 0 saturated carbocycles. The summed E-state index contributed by atoms with van der Waals surface area (Å²) in [5.41, 5.74) is 2.33. The molecule has 0 radical (unpaired) electrons. The highest BCUT2D eigenvalue weighted by atomic mass is 32.2. The van der Waals surface area contributed by atoms with Crippen LogP contribution in [0.1, 0.15) is 18.4 Å². The minimum absolute atomic E-state index is 0.751. The van der Waals surface area contributed by atoms with Gasteiger partial charge in [-0.2, -0.15) is 11.8 Å². The number of nitrogens with zero attached hydrogens (tertiary/aromatic N) is 2. The second kappa shape index (κ2) is 4.82. The molecule has 90 valence electrons. The van der Waals surface area contributed by atoms with Gasteiger partial charge in [-0.15, -0.1) is 11.3 Å². The number of rotatable bonds is 3. The van der Waals surface area contributed by atoms with Crippen molar-refractivity contribution in [1.29, 1.82) is 0 Å². The Bertz CT molecular complexity index is 517. The van der Waals surface area contributed by atoms with Gasteiger partial charge in [-0.25, -0.2) is 9.97 Å². The lowest BCUT2D eigenvalue weighted by Crippen LogP contribution is -2.14. The van der Waals surface area contributed by atoms with Crippen LogP contribution in [-0.2, 0) is 0 Å². The van der Waals surface area contributed by atoms with E-state index in [1.54, 1.807) is 17.7 Å². The Morgan fingerprint density at radius 1 is 1.47 bits per heavy atom. The van der Waals surface area contributed by atoms with Crippen LogP contribution in [0.3, 0.4) is 0 Å². The van der Waals surface area contributed by atoms with Crippen LogP contribution in [0.15, 0.2) is 11.7 Å². The molecule has 0 spiro atoms. The van der Waals surface area contributed by atoms with Gasteiger partial charge >= 0.3 is 0 Å². The van der Waals surface area contributed by atoms with Crippen molar-refractivity contribution in [2.24, 2.45) is 0 Å². The fourth-order valence-electron chi connectivity index (χ4n) is 2.11. The molecule has 5 heteroatoms. The largest absolute Gasteiger partial charge is 0.368 e. The molecule has 1 N–H and O–H groups in total. The van der Waals surface area contributed by atoms with Crippen LogP contribution in [0, 0.1) is 6.92 Å². The molecule has 2 aromatic rings. The quantitative estimate of drug-likeness (QED) is 0.924. The van der Waals surface area contributed by atoms with Gasteiger partial charge in [0.1, 0.15) is 12.1 Å². The molecule has 3 heterocycles. The van der Waals surface area contributed by atoms with Crippen LogP contribution >= 0.6 is 23.1 Å². The number of aryl methyl sites for hydroxylation is 1. The molecule has 3 rings (SSSR count). The third-order valence-corrected chi connectivity index (χ3v) is 5.54. The molecule has 1 aliphatic heterocycles. The first-order chi connectivity index (χ1) is 8.34. The summed E-state index contributed by atoms with van der Waals surface area (Å²) in [5.74, 6) is 2.31. The van der Waals surface area contributed by atoms with Crippen molar-refractivity contribution >= 4 is 39.1 Å². The third-order valence-electron chi connectivity index (χ3n) is 3.05. The Hall–Kier alpha value is -0.810. The lowest BCUT2D eigenvalue weighted by atomic mass is 10.2. The molecule has 1 saturated heterocycles. The Kier molecular flexibility index (Phi) is 3.20. The van der Waals surface area contributed by atoms with E-state index >= 15 is 0 Å². The number of aromatic nitrogens is 2. The summed E-state index contributed by atoms with van der Waals surface area (Å²) in [6, 6.07) is 0. The van der Waals surface area contributed by atoms with Crippen molar-refractivity contribution in [3.05, 3.63) is 17.3 Å². The second-order valence-corrected chi connectivity index (χ2v) is 6.62. The van der Waals surface area contributed by atoms with E-state index in [4.69, 9.17) is 0 Å². The first-order valence-corrected chi connectivity index (χ1v) is 7.81. The maximum absolute atomic E-state index is 4.36. The molecule has 1 aliphatic rings. The fourth-order valence-corrected chi connectivity index (χ4v) is 4.28. The lowest BCUT2D eigenvalue weighted by Gasteiger charge is -2.10. The molecule has 3 nitrogen and oxygen atoms in total. The van der Waals surface area contributed by atoms with E-state index in [1.807, 2.05) is 0 Å². The van der Waals surface area contributed by atoms with Crippen LogP contribution in [-0.4, -0.2) is 27.5 Å². The van der Waals surface area contributed by atoms with E-state index in [0.29, 0.717) is 0 Å². The zero-order valence-corrected chi connectivity index (χ0v) is 11.4. The van der Waals surface area contributed by atoms with E-state index in [-0.39, 0.29) is 0 Å². The smallest absolute Gasteiger partial charge is 0.147 e. The summed E-state index contributed by atoms with van der Waals surface area (Å²) in [7, 11) is 0. The Morgan fingerprint density at radius 3 is 3.24 bits per heavy atom. The lowest BCUT2D eigenvalue weighted by molar-refractivity contribution is 0.804. The van der Waals surface area contributed by atoms with Gasteiger partial charge in [0.25, 0.3) is 0 Å². The van der Waals surface area contributed by atoms with Crippen molar-refractivity contribution in [2.45, 2.75) is 25.0 Å². The molecule has 17 heavy (non-hydrogen) atoms. The van der Waals surface area contributed by atoms with Gasteiger partial charge in [-0.1, -0.05) is 0 Å². The number of thiophene rings is 1. The minimum atomic E-state index is 0.751. The average molecular weight is 265 g/mol. The molecular weight excluding hydrogens is 250 g/mol. The highest BCUT2D eigenvalue weighted by Gasteiger charge is 2.16. The van der Waals surface area contributed by atoms with Gasteiger partial charge in [0, 0.05) is 11.8 Å². The maximum Gasteiger partial charge on any atom is 0.147 e. The van der Waals surface area contributed by atoms with Crippen molar-refractivity contribution in [1.82, 2.24) is 9.97 Å². The highest BCUT2D eigenvalue weighted by molar-refractivity contribution is 8.00. The molecule has 0 aliphatic carbocycles. The summed E-state index contributed by atoms with van der Waals surface area (Å²) < 4.78 is 1.19. The van der Waals surface area contributed by atoms with E-state index in [2.05, 4.69) is 39.4 Å². The van der Waals surface area contributed by atoms with Crippen LogP contribution < -0.4 is 5.32 Å². The number of nitrogens with one attached hydrogen (secondary N) is 1. The Labute approximate surface area is 109 Å². The fraction of sp³-hybridized carbons (Fsp3) is 0.500. The zero-order chi connectivity index (χ0) is 11.7. The van der Waals surface area contributed by atoms with Gasteiger partial charge in [0.15, 0.2) is 0 Å². The summed E-state index contributed by atoms with van der Waals surface area (Å²) >= 11 is 3.80. The number of hydrogen-bond acceptors (Lipinski definition) is 5. The number of hydrogen-bond donors (Lipinski definition) is 1. The summed E-state index contributed by atoms with van der Waals surface area (Å²) in [6.07, 6.45) is 4.34. The van der Waals surface area contributed by atoms with Gasteiger partial charge in [0.2, 0.25) is 0 Å². The van der Waals surface area contributed by atoms with E-state index in [9.17, 15) is 0 Å². The van der Waals surface area contributed by atoms with E-state index < -0.39 is 0 Å². The Balaban J connectivity index is 1.79. The SMILES string of the molecule is Cc1csc2c(NCC3CCCS3)ncnc12. The van der Waals surface area contributed by atoms with Gasteiger partial charge < -0.3 is 5.32 Å². The van der Waals surface area contributed by atoms with Crippen molar-refractivity contribution < 1.29 is 0 Å². The molecule has 0 bridgehead atoms. The van der Waals surface area contributed by atoms with Crippen LogP contribution in [0.25, 0.3) is 10.2 Å². The topological polar surface area (TPSA) is 37.8 Å². The molecule has 1 unspecified atom stereocenters. The number of fused-ring (bicyclic) bond motifs is 1. The van der Waals surface area contributed by atoms with Crippen molar-refractivity contribution in [2.75, 3.05) is 17.6 Å². The number of thioether (sulfide) groups is 1. The third kappa shape index (κ3) is 2.26. The van der Waals surface area contributed by atoms with Crippen molar-refractivity contribution in [3.8, 4) is 0 Å². The summed E-state index contributed by atoms with van der Waals surface area (Å²) in [5, 5.41) is 6.38. The van der Waals surface area contributed by atoms with Crippen LogP contribution in [0.2, 0.25) is 0 Å². The van der Waals surface area contributed by atoms with Gasteiger partial charge in [-0.05, 0) is 36.5 Å². The Morgan fingerprint density at radius 2 is 2.41 bits per heavy atom. The average Bonchev–Trinajstić information content (AvgIpc) is 2.97. The molecule has 0 aromatic carbocycles. The second-order valence-electron chi connectivity index (χ2n) is 4.33. The molecule has 1 fully saturated rings. The summed E-state index contributed by atoms with van der Waals surface area (Å²) in [6.45, 7) is 3.12. The molecule has 0 amide bonds. The zero-order valence-electron chi connectivity index (χ0n) is 9.77. The highest BCUT2D eigenvalue weighted by Crippen LogP contribution is 2.30. The standard InChI is InChI=1S/C12H15N3S2/c1-8-6-17-11-10(8)14-7-15-12(11)13-5-9-3-2-4-16-9/h6-7,9H,2-5H2,1H3,(H,13,14,15). The van der Waals surface area contributed by atoms with Crippen LogP contribution in [0.5, 0.6) is 0 Å². The van der Waals surface area contributed by atoms with Gasteiger partial charge in [-0.3, -0.25) is 0 Å². The molecular formula is C12H15N3S2. The first-order valence-electron chi connectivity index (χ1n) is 5.89. The predicted octanol–water partition coefficient (Wildman–Crippen LogP) is 3.31. The first kappa shape index (κ1) is 11.3. The van der Waals surface area contributed by atoms with E-state index in [1.165, 1.54) is 28.9 Å². The summed E-state index contributed by atoms with van der Waals surface area (Å²) in [4.78, 5) is 8.70. The maximum atomic E-state index is 4.36. The predicted molar refractivity (Wildman–Crippen MR) is 76.1 cm³/mol. The molecule has 2 aromatic heterocycles. The van der Waals surface area contributed by atoms with Gasteiger partial charge in [0.05, 0.1) is 10.2 Å². The van der Waals surface area contributed by atoms with Crippen LogP contribution in [0.4, 0.5) is 5.82 Å². The molecule has 1 atom stereocenters. The van der Waals surface area contributed by atoms with Crippen molar-refractivity contribution in [3.63, 3.8) is 0 Å². The van der Waals surface area contributed by atoms with E-state index in [0.717, 1.165) is 23.1 Å². The monoisotopic (exact) mass is 265 g/mol. The number of anilines is 1. The normalized spacial score (nSPS) is 19.9. The minimum Gasteiger partial charge on any atom is -0.368 e.